The number of carbonyl (C=O) groups is 3. The minimum Gasteiger partial charge on any atom is -0.507 e. The van der Waals surface area contributed by atoms with Crippen molar-refractivity contribution in [2.24, 2.45) is 0 Å². The summed E-state index contributed by atoms with van der Waals surface area (Å²) in [7, 11) is 0. The number of aliphatic hydroxyl groups is 1. The molecule has 1 heterocycles. The van der Waals surface area contributed by atoms with Gasteiger partial charge in [0.15, 0.2) is 0 Å². The predicted octanol–water partition coefficient (Wildman–Crippen LogP) is 4.68. The highest BCUT2D eigenvalue weighted by molar-refractivity contribution is 6.46. The van der Waals surface area contributed by atoms with Crippen molar-refractivity contribution in [1.29, 1.82) is 0 Å². The molecule has 1 N–H and O–H groups in total. The molecule has 1 aliphatic heterocycles. The molecule has 1 amide bonds. The smallest absolute Gasteiger partial charge is 0.308 e. The second-order valence-corrected chi connectivity index (χ2v) is 8.63. The van der Waals surface area contributed by atoms with Crippen LogP contribution < -0.4 is 4.74 Å². The third kappa shape index (κ3) is 5.43. The molecule has 1 fully saturated rings. The Labute approximate surface area is 208 Å². The molecule has 1 unspecified atom stereocenters. The summed E-state index contributed by atoms with van der Waals surface area (Å²) in [5.74, 6) is -2.09. The maximum atomic E-state index is 13.1. The maximum absolute atomic E-state index is 13.1. The normalized spacial score (nSPS) is 17.5. The second kappa shape index (κ2) is 11.0. The van der Waals surface area contributed by atoms with E-state index in [2.05, 4.69) is 4.90 Å². The van der Waals surface area contributed by atoms with E-state index in [4.69, 9.17) is 27.9 Å². The van der Waals surface area contributed by atoms with Crippen LogP contribution in [0.25, 0.3) is 5.76 Å². The van der Waals surface area contributed by atoms with Gasteiger partial charge in [-0.1, -0.05) is 49.2 Å². The molecule has 3 rings (SSSR count). The molecule has 2 aromatic carbocycles. The number of ether oxygens (including phenoxy) is 1. The van der Waals surface area contributed by atoms with Crippen LogP contribution in [0.3, 0.4) is 0 Å². The molecular weight excluding hydrogens is 479 g/mol. The number of hydrogen-bond acceptors (Lipinski definition) is 6. The van der Waals surface area contributed by atoms with Crippen LogP contribution in [0.15, 0.2) is 48.0 Å². The Morgan fingerprint density at radius 2 is 1.79 bits per heavy atom. The zero-order chi connectivity index (χ0) is 25.0. The number of nitrogens with zero attached hydrogens (tertiary/aromatic N) is 2. The quantitative estimate of drug-likeness (QED) is 0.184. The monoisotopic (exact) mass is 504 g/mol. The minimum atomic E-state index is -0.875. The van der Waals surface area contributed by atoms with Gasteiger partial charge in [-0.05, 0) is 49.0 Å². The van der Waals surface area contributed by atoms with Gasteiger partial charge in [0, 0.05) is 25.6 Å². The van der Waals surface area contributed by atoms with Crippen molar-refractivity contribution in [3.05, 3.63) is 69.2 Å². The van der Waals surface area contributed by atoms with Crippen LogP contribution in [-0.4, -0.2) is 58.7 Å². The molecule has 0 aliphatic carbocycles. The molecule has 1 saturated heterocycles. The van der Waals surface area contributed by atoms with E-state index >= 15 is 0 Å². The number of hydrogen-bond donors (Lipinski definition) is 1. The first kappa shape index (κ1) is 25.7. The van der Waals surface area contributed by atoms with E-state index in [9.17, 15) is 19.5 Å². The number of amides is 1. The number of likely N-dealkylation sites (tertiary alicyclic amines) is 1. The van der Waals surface area contributed by atoms with Crippen LogP contribution in [0.4, 0.5) is 0 Å². The summed E-state index contributed by atoms with van der Waals surface area (Å²) in [6.45, 7) is 7.71. The fourth-order valence-corrected chi connectivity index (χ4v) is 4.26. The third-order valence-electron chi connectivity index (χ3n) is 5.72. The Morgan fingerprint density at radius 1 is 1.09 bits per heavy atom. The molecule has 180 valence electrons. The zero-order valence-electron chi connectivity index (χ0n) is 19.2. The van der Waals surface area contributed by atoms with Gasteiger partial charge in [0.05, 0.1) is 21.7 Å². The number of likely N-dealkylation sites (N-methyl/N-ethyl adjacent to an activating group) is 1. The van der Waals surface area contributed by atoms with Gasteiger partial charge in [-0.15, -0.1) is 0 Å². The molecule has 0 radical (unpaired) electrons. The standard InChI is InChI=1S/C25H26Cl2N2O5/c1-4-28(5-2)11-12-29-22(16-7-6-8-18(13-16)34-15(3)30)21(24(32)25(29)33)23(31)17-9-10-19(26)20(27)14-17/h6-10,13-14,22,31H,4-5,11-12H2,1-3H3/b23-21-. The third-order valence-corrected chi connectivity index (χ3v) is 6.46. The summed E-state index contributed by atoms with van der Waals surface area (Å²) in [5, 5.41) is 11.6. The Hall–Kier alpha value is -2.87. The highest BCUT2D eigenvalue weighted by Gasteiger charge is 2.46. The van der Waals surface area contributed by atoms with E-state index in [-0.39, 0.29) is 34.2 Å². The highest BCUT2D eigenvalue weighted by atomic mass is 35.5. The van der Waals surface area contributed by atoms with Crippen molar-refractivity contribution >= 4 is 46.6 Å². The minimum absolute atomic E-state index is 0.0667. The van der Waals surface area contributed by atoms with Crippen LogP contribution >= 0.6 is 23.2 Å². The van der Waals surface area contributed by atoms with Crippen LogP contribution in [-0.2, 0) is 14.4 Å². The summed E-state index contributed by atoms with van der Waals surface area (Å²) < 4.78 is 5.20. The Bertz CT molecular complexity index is 1140. The summed E-state index contributed by atoms with van der Waals surface area (Å²) in [6.07, 6.45) is 0. The van der Waals surface area contributed by atoms with Crippen LogP contribution in [0.1, 0.15) is 37.9 Å². The molecule has 1 aliphatic rings. The second-order valence-electron chi connectivity index (χ2n) is 7.81. The summed E-state index contributed by atoms with van der Waals surface area (Å²) in [6, 6.07) is 10.2. The number of benzene rings is 2. The lowest BCUT2D eigenvalue weighted by Crippen LogP contribution is -2.38. The molecule has 34 heavy (non-hydrogen) atoms. The van der Waals surface area contributed by atoms with E-state index in [1.807, 2.05) is 13.8 Å². The number of Topliss-reactive ketones (excluding diaryl/α,β-unsaturated/α-hetero) is 1. The molecule has 2 aromatic rings. The number of carbonyl (C=O) groups excluding carboxylic acids is 3. The molecule has 0 aromatic heterocycles. The zero-order valence-corrected chi connectivity index (χ0v) is 20.7. The van der Waals surface area contributed by atoms with Crippen molar-refractivity contribution in [2.45, 2.75) is 26.8 Å². The van der Waals surface area contributed by atoms with Gasteiger partial charge >= 0.3 is 5.97 Å². The van der Waals surface area contributed by atoms with Crippen LogP contribution in [0.5, 0.6) is 5.75 Å². The fraction of sp³-hybridized carbons (Fsp3) is 0.320. The van der Waals surface area contributed by atoms with Gasteiger partial charge in [-0.25, -0.2) is 0 Å². The maximum Gasteiger partial charge on any atom is 0.308 e. The summed E-state index contributed by atoms with van der Waals surface area (Å²) in [4.78, 5) is 41.3. The first-order valence-electron chi connectivity index (χ1n) is 10.9. The average molecular weight is 505 g/mol. The summed E-state index contributed by atoms with van der Waals surface area (Å²) >= 11 is 12.1. The lowest BCUT2D eigenvalue weighted by atomic mass is 9.95. The topological polar surface area (TPSA) is 87.2 Å². The number of ketones is 1. The lowest BCUT2D eigenvalue weighted by molar-refractivity contribution is -0.140. The van der Waals surface area contributed by atoms with Gasteiger partial charge in [-0.3, -0.25) is 14.4 Å². The van der Waals surface area contributed by atoms with Gasteiger partial charge in [0.25, 0.3) is 11.7 Å². The van der Waals surface area contributed by atoms with E-state index in [0.29, 0.717) is 17.1 Å². The van der Waals surface area contributed by atoms with Crippen molar-refractivity contribution in [3.63, 3.8) is 0 Å². The number of rotatable bonds is 8. The first-order chi connectivity index (χ1) is 16.2. The van der Waals surface area contributed by atoms with Crippen molar-refractivity contribution < 1.29 is 24.2 Å². The van der Waals surface area contributed by atoms with E-state index in [0.717, 1.165) is 13.1 Å². The Kier molecular flexibility index (Phi) is 8.36. The average Bonchev–Trinajstić information content (AvgIpc) is 3.05. The van der Waals surface area contributed by atoms with Crippen LogP contribution in [0, 0.1) is 0 Å². The van der Waals surface area contributed by atoms with Gasteiger partial charge < -0.3 is 19.6 Å². The fourth-order valence-electron chi connectivity index (χ4n) is 3.96. The summed E-state index contributed by atoms with van der Waals surface area (Å²) in [5.41, 5.74) is 0.722. The molecule has 7 nitrogen and oxygen atoms in total. The molecule has 0 saturated carbocycles. The number of aliphatic hydroxyl groups excluding tert-OH is 1. The lowest BCUT2D eigenvalue weighted by Gasteiger charge is -2.28. The van der Waals surface area contributed by atoms with E-state index in [1.165, 1.54) is 30.0 Å². The van der Waals surface area contributed by atoms with Crippen LogP contribution in [0.2, 0.25) is 10.0 Å². The highest BCUT2D eigenvalue weighted by Crippen LogP contribution is 2.40. The molecular formula is C25H26Cl2N2O5. The number of esters is 1. The molecule has 1 atom stereocenters. The number of halogens is 2. The van der Waals surface area contributed by atoms with Gasteiger partial charge in [-0.2, -0.15) is 0 Å². The molecule has 0 bridgehead atoms. The largest absolute Gasteiger partial charge is 0.507 e. The predicted molar refractivity (Wildman–Crippen MR) is 131 cm³/mol. The van der Waals surface area contributed by atoms with Crippen molar-refractivity contribution in [1.82, 2.24) is 9.80 Å². The Balaban J connectivity index is 2.14. The van der Waals surface area contributed by atoms with Gasteiger partial charge in [0.1, 0.15) is 11.5 Å². The molecule has 0 spiro atoms. The van der Waals surface area contributed by atoms with Crippen molar-refractivity contribution in [2.75, 3.05) is 26.2 Å². The first-order valence-corrected chi connectivity index (χ1v) is 11.7. The SMILES string of the molecule is CCN(CC)CCN1C(=O)C(=O)/C(=C(\O)c2ccc(Cl)c(Cl)c2)C1c1cccc(OC(C)=O)c1. The molecule has 9 heteroatoms. The van der Waals surface area contributed by atoms with E-state index in [1.54, 1.807) is 24.3 Å². The van der Waals surface area contributed by atoms with Crippen molar-refractivity contribution in [3.8, 4) is 5.75 Å². The van der Waals surface area contributed by atoms with E-state index < -0.39 is 23.7 Å². The Morgan fingerprint density at radius 3 is 2.41 bits per heavy atom. The van der Waals surface area contributed by atoms with Gasteiger partial charge in [0.2, 0.25) is 0 Å².